The predicted molar refractivity (Wildman–Crippen MR) is 59.9 cm³/mol. The van der Waals surface area contributed by atoms with E-state index in [1.54, 1.807) is 5.38 Å². The summed E-state index contributed by atoms with van der Waals surface area (Å²) < 4.78 is 0. The van der Waals surface area contributed by atoms with Gasteiger partial charge in [-0.2, -0.15) is 0 Å². The van der Waals surface area contributed by atoms with Crippen LogP contribution in [-0.2, 0) is 11.3 Å². The van der Waals surface area contributed by atoms with Crippen LogP contribution >= 0.6 is 11.3 Å². The van der Waals surface area contributed by atoms with Crippen LogP contribution in [0.3, 0.4) is 0 Å². The number of nitrogens with one attached hydrogen (secondary N) is 2. The van der Waals surface area contributed by atoms with Crippen molar-refractivity contribution in [3.63, 3.8) is 0 Å². The van der Waals surface area contributed by atoms with Crippen molar-refractivity contribution in [2.45, 2.75) is 6.54 Å². The van der Waals surface area contributed by atoms with Gasteiger partial charge in [0.2, 0.25) is 0 Å². The van der Waals surface area contributed by atoms with Crippen LogP contribution in [0.5, 0.6) is 0 Å². The molecular formula is C9H11N3O4S. The van der Waals surface area contributed by atoms with Crippen LogP contribution in [0.2, 0.25) is 0 Å². The highest BCUT2D eigenvalue weighted by molar-refractivity contribution is 7.07. The topological polar surface area (TPSA) is 102 Å². The standard InChI is InChI=1S/C9H11N3O4S/c13-7(14)5-2-12(3-5)8(15)10-1-6-4-17-9(16)11-6/h4-5H,1-3H2,(H,10,15)(H,11,16)(H,13,14). The fourth-order valence-corrected chi connectivity index (χ4v) is 2.07. The smallest absolute Gasteiger partial charge is 0.317 e. The van der Waals surface area contributed by atoms with E-state index in [2.05, 4.69) is 10.3 Å². The van der Waals surface area contributed by atoms with Gasteiger partial charge in [0, 0.05) is 24.2 Å². The van der Waals surface area contributed by atoms with Crippen LogP contribution in [0.15, 0.2) is 10.2 Å². The summed E-state index contributed by atoms with van der Waals surface area (Å²) in [4.78, 5) is 36.7. The number of nitrogens with zero attached hydrogens (tertiary/aromatic N) is 1. The van der Waals surface area contributed by atoms with Gasteiger partial charge in [0.15, 0.2) is 0 Å². The lowest BCUT2D eigenvalue weighted by molar-refractivity contribution is -0.146. The van der Waals surface area contributed by atoms with Gasteiger partial charge in [-0.3, -0.25) is 9.59 Å². The number of amides is 2. The Morgan fingerprint density at radius 1 is 1.59 bits per heavy atom. The molecule has 1 aliphatic heterocycles. The molecule has 3 N–H and O–H groups in total. The van der Waals surface area contributed by atoms with Gasteiger partial charge in [0.05, 0.1) is 12.5 Å². The van der Waals surface area contributed by atoms with Crippen LogP contribution in [0.4, 0.5) is 4.79 Å². The number of carbonyl (C=O) groups excluding carboxylic acids is 1. The minimum atomic E-state index is -0.879. The first-order valence-corrected chi connectivity index (χ1v) is 5.86. The van der Waals surface area contributed by atoms with Crippen molar-refractivity contribution in [3.05, 3.63) is 20.7 Å². The SMILES string of the molecule is O=C(O)C1CN(C(=O)NCc2csc(=O)[nH]2)C1. The minimum Gasteiger partial charge on any atom is -0.481 e. The molecule has 0 aliphatic carbocycles. The monoisotopic (exact) mass is 257 g/mol. The lowest BCUT2D eigenvalue weighted by atomic mass is 10.0. The van der Waals surface area contributed by atoms with Crippen LogP contribution < -0.4 is 10.2 Å². The van der Waals surface area contributed by atoms with Crippen LogP contribution in [0, 0.1) is 5.92 Å². The normalized spacial score (nSPS) is 15.4. The molecule has 0 bridgehead atoms. The number of carboxylic acid groups (broad SMARTS) is 1. The Balaban J connectivity index is 1.76. The summed E-state index contributed by atoms with van der Waals surface area (Å²) in [5.74, 6) is -1.34. The Labute approximate surface area is 100 Å². The second-order valence-corrected chi connectivity index (χ2v) is 4.61. The van der Waals surface area contributed by atoms with Gasteiger partial charge in [-0.15, -0.1) is 0 Å². The summed E-state index contributed by atoms with van der Waals surface area (Å²) in [6.07, 6.45) is 0. The molecule has 0 radical (unpaired) electrons. The number of hydrogen-bond acceptors (Lipinski definition) is 4. The van der Waals surface area contributed by atoms with E-state index in [0.29, 0.717) is 5.69 Å². The third-order valence-electron chi connectivity index (χ3n) is 2.52. The fourth-order valence-electron chi connectivity index (χ4n) is 1.48. The molecule has 0 saturated carbocycles. The number of thiazole rings is 1. The summed E-state index contributed by atoms with van der Waals surface area (Å²) in [5.41, 5.74) is 0.642. The van der Waals surface area contributed by atoms with Crippen molar-refractivity contribution in [3.8, 4) is 0 Å². The van der Waals surface area contributed by atoms with Crippen molar-refractivity contribution >= 4 is 23.3 Å². The van der Waals surface area contributed by atoms with Crippen molar-refractivity contribution in [1.29, 1.82) is 0 Å². The minimum absolute atomic E-state index is 0.163. The van der Waals surface area contributed by atoms with Gasteiger partial charge in [-0.1, -0.05) is 11.3 Å². The Morgan fingerprint density at radius 2 is 2.29 bits per heavy atom. The second-order valence-electron chi connectivity index (χ2n) is 3.77. The van der Waals surface area contributed by atoms with E-state index < -0.39 is 11.9 Å². The maximum Gasteiger partial charge on any atom is 0.317 e. The zero-order valence-corrected chi connectivity index (χ0v) is 9.62. The average molecular weight is 257 g/mol. The Morgan fingerprint density at radius 3 is 2.82 bits per heavy atom. The van der Waals surface area contributed by atoms with Crippen molar-refractivity contribution < 1.29 is 14.7 Å². The van der Waals surface area contributed by atoms with E-state index in [9.17, 15) is 14.4 Å². The van der Waals surface area contributed by atoms with E-state index in [1.807, 2.05) is 0 Å². The van der Waals surface area contributed by atoms with E-state index in [4.69, 9.17) is 5.11 Å². The summed E-state index contributed by atoms with van der Waals surface area (Å²) in [6, 6.07) is -0.311. The molecule has 0 atom stereocenters. The zero-order chi connectivity index (χ0) is 12.4. The van der Waals surface area contributed by atoms with Gasteiger partial charge in [0.25, 0.3) is 0 Å². The zero-order valence-electron chi connectivity index (χ0n) is 8.80. The van der Waals surface area contributed by atoms with Crippen LogP contribution in [-0.4, -0.2) is 40.1 Å². The van der Waals surface area contributed by atoms with Crippen LogP contribution in [0.1, 0.15) is 5.69 Å². The Hall–Kier alpha value is -1.83. The molecule has 7 nitrogen and oxygen atoms in total. The highest BCUT2D eigenvalue weighted by atomic mass is 32.1. The molecule has 1 saturated heterocycles. The molecule has 0 aromatic carbocycles. The first-order valence-electron chi connectivity index (χ1n) is 4.98. The Kier molecular flexibility index (Phi) is 3.14. The summed E-state index contributed by atoms with van der Waals surface area (Å²) >= 11 is 1.03. The number of hydrogen-bond donors (Lipinski definition) is 3. The van der Waals surface area contributed by atoms with Gasteiger partial charge in [-0.25, -0.2) is 4.79 Å². The molecule has 0 unspecified atom stereocenters. The number of aromatic amines is 1. The van der Waals surface area contributed by atoms with E-state index in [1.165, 1.54) is 4.90 Å². The maximum absolute atomic E-state index is 11.5. The summed E-state index contributed by atoms with van der Waals surface area (Å²) in [5, 5.41) is 12.9. The summed E-state index contributed by atoms with van der Waals surface area (Å²) in [6.45, 7) is 0.717. The molecule has 1 aliphatic rings. The number of rotatable bonds is 3. The van der Waals surface area contributed by atoms with Gasteiger partial charge in [0.1, 0.15) is 0 Å². The first kappa shape index (κ1) is 11.6. The lowest BCUT2D eigenvalue weighted by Gasteiger charge is -2.36. The molecule has 2 rings (SSSR count). The molecule has 2 amide bonds. The van der Waals surface area contributed by atoms with Gasteiger partial charge < -0.3 is 20.3 Å². The highest BCUT2D eigenvalue weighted by Gasteiger charge is 2.35. The molecule has 1 fully saturated rings. The van der Waals surface area contributed by atoms with Crippen molar-refractivity contribution in [2.24, 2.45) is 5.92 Å². The maximum atomic E-state index is 11.5. The van der Waals surface area contributed by atoms with E-state index in [-0.39, 0.29) is 30.5 Å². The van der Waals surface area contributed by atoms with Gasteiger partial charge >= 0.3 is 16.9 Å². The first-order chi connectivity index (χ1) is 8.06. The van der Waals surface area contributed by atoms with Crippen molar-refractivity contribution in [1.82, 2.24) is 15.2 Å². The Bertz CT molecular complexity index is 488. The van der Waals surface area contributed by atoms with Crippen molar-refractivity contribution in [2.75, 3.05) is 13.1 Å². The predicted octanol–water partition coefficient (Wildman–Crippen LogP) is -0.338. The number of aromatic nitrogens is 1. The number of likely N-dealkylation sites (tertiary alicyclic amines) is 1. The molecule has 1 aromatic rings. The van der Waals surface area contributed by atoms with Gasteiger partial charge in [-0.05, 0) is 0 Å². The molecule has 17 heavy (non-hydrogen) atoms. The highest BCUT2D eigenvalue weighted by Crippen LogP contribution is 2.15. The number of aliphatic carboxylic acids is 1. The molecule has 92 valence electrons. The van der Waals surface area contributed by atoms with Crippen LogP contribution in [0.25, 0.3) is 0 Å². The fraction of sp³-hybridized carbons (Fsp3) is 0.444. The third kappa shape index (κ3) is 2.64. The molecule has 1 aromatic heterocycles. The number of H-pyrrole nitrogens is 1. The molecule has 8 heteroatoms. The average Bonchev–Trinajstić information content (AvgIpc) is 2.58. The molecule has 2 heterocycles. The molecule has 0 spiro atoms. The number of carboxylic acids is 1. The third-order valence-corrected chi connectivity index (χ3v) is 3.24. The second kappa shape index (κ2) is 4.58. The molecular weight excluding hydrogens is 246 g/mol. The quantitative estimate of drug-likeness (QED) is 0.689. The summed E-state index contributed by atoms with van der Waals surface area (Å²) in [7, 11) is 0. The number of carbonyl (C=O) groups is 2. The van der Waals surface area contributed by atoms with E-state index >= 15 is 0 Å². The van der Waals surface area contributed by atoms with E-state index in [0.717, 1.165) is 11.3 Å². The number of urea groups is 1. The largest absolute Gasteiger partial charge is 0.481 e. The lowest BCUT2D eigenvalue weighted by Crippen LogP contribution is -2.56.